The molecule has 0 amide bonds. The molecule has 17 heavy (non-hydrogen) atoms. The van der Waals surface area contributed by atoms with Crippen LogP contribution >= 0.6 is 0 Å². The third-order valence-corrected chi connectivity index (χ3v) is 2.81. The van der Waals surface area contributed by atoms with Gasteiger partial charge in [-0.3, -0.25) is 4.79 Å². The van der Waals surface area contributed by atoms with Gasteiger partial charge in [0.25, 0.3) is 0 Å². The number of Topliss-reactive ketones (excluding diaryl/α,β-unsaturated/α-hetero) is 1. The second-order valence-electron chi connectivity index (χ2n) is 4.45. The Hall–Kier alpha value is -1.64. The number of aryl methyl sites for hydroxylation is 1. The van der Waals surface area contributed by atoms with Crippen LogP contribution in [0.1, 0.15) is 43.2 Å². The molecule has 1 atom stereocenters. The molecule has 0 aliphatic carbocycles. The number of carboxylic acid groups (broad SMARTS) is 1. The van der Waals surface area contributed by atoms with E-state index in [1.165, 1.54) is 6.92 Å². The molecule has 3 heteroatoms. The van der Waals surface area contributed by atoms with E-state index in [0.717, 1.165) is 11.1 Å². The van der Waals surface area contributed by atoms with Crippen LogP contribution in [0.2, 0.25) is 0 Å². The topological polar surface area (TPSA) is 54.4 Å². The summed E-state index contributed by atoms with van der Waals surface area (Å²) in [6.07, 6.45) is 1.12. The van der Waals surface area contributed by atoms with Gasteiger partial charge in [0.05, 0.1) is 6.42 Å². The van der Waals surface area contributed by atoms with Crippen molar-refractivity contribution in [3.05, 3.63) is 35.4 Å². The van der Waals surface area contributed by atoms with Crippen molar-refractivity contribution in [1.82, 2.24) is 0 Å². The molecule has 3 nitrogen and oxygen atoms in total. The highest BCUT2D eigenvalue weighted by Crippen LogP contribution is 2.25. The molecule has 0 saturated carbocycles. The third kappa shape index (κ3) is 4.81. The Morgan fingerprint density at radius 1 is 1.24 bits per heavy atom. The van der Waals surface area contributed by atoms with E-state index in [4.69, 9.17) is 5.11 Å². The fourth-order valence-electron chi connectivity index (χ4n) is 1.81. The number of ketones is 1. The zero-order chi connectivity index (χ0) is 12.8. The van der Waals surface area contributed by atoms with Crippen LogP contribution in [0.3, 0.4) is 0 Å². The van der Waals surface area contributed by atoms with Gasteiger partial charge in [0.2, 0.25) is 0 Å². The zero-order valence-corrected chi connectivity index (χ0v) is 10.3. The summed E-state index contributed by atoms with van der Waals surface area (Å²) in [5, 5.41) is 8.88. The van der Waals surface area contributed by atoms with Crippen LogP contribution in [-0.4, -0.2) is 16.9 Å². The van der Waals surface area contributed by atoms with Gasteiger partial charge in [-0.25, -0.2) is 0 Å². The van der Waals surface area contributed by atoms with Crippen LogP contribution in [0.15, 0.2) is 24.3 Å². The summed E-state index contributed by atoms with van der Waals surface area (Å²) >= 11 is 0. The van der Waals surface area contributed by atoms with Crippen LogP contribution in [0.25, 0.3) is 0 Å². The van der Waals surface area contributed by atoms with E-state index in [1.54, 1.807) is 0 Å². The Morgan fingerprint density at radius 2 is 1.82 bits per heavy atom. The molecule has 0 bridgehead atoms. The number of carbonyl (C=O) groups excluding carboxylic acids is 1. The van der Waals surface area contributed by atoms with E-state index in [-0.39, 0.29) is 18.1 Å². The maximum absolute atomic E-state index is 11.0. The maximum Gasteiger partial charge on any atom is 0.303 e. The highest BCUT2D eigenvalue weighted by molar-refractivity contribution is 5.75. The summed E-state index contributed by atoms with van der Waals surface area (Å²) in [5.74, 6) is -0.788. The van der Waals surface area contributed by atoms with Gasteiger partial charge < -0.3 is 9.90 Å². The van der Waals surface area contributed by atoms with E-state index in [1.807, 2.05) is 31.2 Å². The number of hydrogen-bond acceptors (Lipinski definition) is 2. The predicted octanol–water partition coefficient (Wildman–Crippen LogP) is 2.92. The molecule has 0 aliphatic rings. The molecule has 1 rings (SSSR count). The summed E-state index contributed by atoms with van der Waals surface area (Å²) in [4.78, 5) is 21.8. The largest absolute Gasteiger partial charge is 0.481 e. The highest BCUT2D eigenvalue weighted by Gasteiger charge is 2.16. The van der Waals surface area contributed by atoms with E-state index in [9.17, 15) is 9.59 Å². The van der Waals surface area contributed by atoms with Crippen LogP contribution in [0.4, 0.5) is 0 Å². The number of rotatable bonds is 6. The highest BCUT2D eigenvalue weighted by atomic mass is 16.4. The minimum absolute atomic E-state index is 0.0722. The molecular weight excluding hydrogens is 216 g/mol. The minimum atomic E-state index is -0.820. The second-order valence-corrected chi connectivity index (χ2v) is 4.45. The quantitative estimate of drug-likeness (QED) is 0.823. The van der Waals surface area contributed by atoms with Crippen molar-refractivity contribution < 1.29 is 14.7 Å². The monoisotopic (exact) mass is 234 g/mol. The van der Waals surface area contributed by atoms with Gasteiger partial charge in [-0.1, -0.05) is 29.8 Å². The molecule has 0 spiro atoms. The lowest BCUT2D eigenvalue weighted by Gasteiger charge is -2.14. The lowest BCUT2D eigenvalue weighted by Crippen LogP contribution is -2.08. The van der Waals surface area contributed by atoms with E-state index < -0.39 is 5.97 Å². The van der Waals surface area contributed by atoms with Gasteiger partial charge in [0.1, 0.15) is 5.78 Å². The van der Waals surface area contributed by atoms with Crippen molar-refractivity contribution in [2.75, 3.05) is 0 Å². The first-order chi connectivity index (χ1) is 7.99. The lowest BCUT2D eigenvalue weighted by molar-refractivity contribution is -0.137. The molecule has 0 radical (unpaired) electrons. The van der Waals surface area contributed by atoms with E-state index >= 15 is 0 Å². The van der Waals surface area contributed by atoms with E-state index in [2.05, 4.69) is 0 Å². The number of carbonyl (C=O) groups is 2. The van der Waals surface area contributed by atoms with Crippen LogP contribution in [0, 0.1) is 6.92 Å². The van der Waals surface area contributed by atoms with Crippen LogP contribution in [-0.2, 0) is 9.59 Å². The second kappa shape index (κ2) is 6.18. The van der Waals surface area contributed by atoms with Gasteiger partial charge in [-0.15, -0.1) is 0 Å². The van der Waals surface area contributed by atoms with Gasteiger partial charge in [0.15, 0.2) is 0 Å². The van der Waals surface area contributed by atoms with Gasteiger partial charge >= 0.3 is 5.97 Å². The molecule has 0 fully saturated rings. The number of carboxylic acids is 1. The molecule has 0 saturated heterocycles. The zero-order valence-electron chi connectivity index (χ0n) is 10.3. The van der Waals surface area contributed by atoms with Crippen molar-refractivity contribution in [2.24, 2.45) is 0 Å². The number of benzene rings is 1. The van der Waals surface area contributed by atoms with Crippen LogP contribution < -0.4 is 0 Å². The molecule has 92 valence electrons. The normalized spacial score (nSPS) is 12.1. The smallest absolute Gasteiger partial charge is 0.303 e. The number of hydrogen-bond donors (Lipinski definition) is 1. The standard InChI is InChI=1S/C14H18O3/c1-10-3-6-12(7-4-10)13(9-14(16)17)8-5-11(2)15/h3-4,6-7,13H,5,8-9H2,1-2H3,(H,16,17). The van der Waals surface area contributed by atoms with E-state index in [0.29, 0.717) is 12.8 Å². The van der Waals surface area contributed by atoms with Crippen molar-refractivity contribution in [1.29, 1.82) is 0 Å². The molecule has 1 N–H and O–H groups in total. The van der Waals surface area contributed by atoms with Crippen molar-refractivity contribution in [2.45, 2.75) is 39.0 Å². The molecule has 0 aromatic heterocycles. The SMILES string of the molecule is CC(=O)CCC(CC(=O)O)c1ccc(C)cc1. The molecule has 1 aromatic rings. The van der Waals surface area contributed by atoms with Crippen LogP contribution in [0.5, 0.6) is 0 Å². The Bertz CT molecular complexity index is 392. The molecule has 1 unspecified atom stereocenters. The summed E-state index contributed by atoms with van der Waals surface area (Å²) in [7, 11) is 0. The molecule has 0 heterocycles. The maximum atomic E-state index is 11.0. The summed E-state index contributed by atoms with van der Waals surface area (Å²) in [6.45, 7) is 3.53. The summed E-state index contributed by atoms with van der Waals surface area (Å²) in [5.41, 5.74) is 2.15. The fourth-order valence-corrected chi connectivity index (χ4v) is 1.81. The van der Waals surface area contributed by atoms with Gasteiger partial charge in [-0.2, -0.15) is 0 Å². The van der Waals surface area contributed by atoms with Gasteiger partial charge in [-0.05, 0) is 31.7 Å². The molecule has 0 aliphatic heterocycles. The third-order valence-electron chi connectivity index (χ3n) is 2.81. The lowest BCUT2D eigenvalue weighted by atomic mass is 9.90. The Labute approximate surface area is 101 Å². The van der Waals surface area contributed by atoms with Crippen molar-refractivity contribution in [3.63, 3.8) is 0 Å². The first-order valence-corrected chi connectivity index (χ1v) is 5.77. The summed E-state index contributed by atoms with van der Waals surface area (Å²) < 4.78 is 0. The Balaban J connectivity index is 2.77. The van der Waals surface area contributed by atoms with Crippen molar-refractivity contribution >= 4 is 11.8 Å². The average molecular weight is 234 g/mol. The molecular formula is C14H18O3. The fraction of sp³-hybridized carbons (Fsp3) is 0.429. The molecule has 1 aromatic carbocycles. The predicted molar refractivity (Wildman–Crippen MR) is 66.1 cm³/mol. The number of aliphatic carboxylic acids is 1. The minimum Gasteiger partial charge on any atom is -0.481 e. The van der Waals surface area contributed by atoms with Gasteiger partial charge in [0, 0.05) is 6.42 Å². The van der Waals surface area contributed by atoms with Crippen molar-refractivity contribution in [3.8, 4) is 0 Å². The Morgan fingerprint density at radius 3 is 2.29 bits per heavy atom. The first kappa shape index (κ1) is 13.4. The Kier molecular flexibility index (Phi) is 4.88. The summed E-state index contributed by atoms with van der Waals surface area (Å²) in [6, 6.07) is 7.84. The average Bonchev–Trinajstić information content (AvgIpc) is 2.25. The first-order valence-electron chi connectivity index (χ1n) is 5.77.